The maximum atomic E-state index is 12.6. The maximum absolute atomic E-state index is 12.6. The Morgan fingerprint density at radius 3 is 2.58 bits per heavy atom. The van der Waals surface area contributed by atoms with Crippen molar-refractivity contribution >= 4 is 17.5 Å². The van der Waals surface area contributed by atoms with Gasteiger partial charge < -0.3 is 20.2 Å². The van der Waals surface area contributed by atoms with Crippen LogP contribution < -0.4 is 10.2 Å². The Bertz CT molecular complexity index is 531. The van der Waals surface area contributed by atoms with Gasteiger partial charge in [0.15, 0.2) is 0 Å². The number of hydrogen-bond acceptors (Lipinski definition) is 4. The molecule has 0 bridgehead atoms. The van der Waals surface area contributed by atoms with E-state index < -0.39 is 18.8 Å². The number of anilines is 2. The van der Waals surface area contributed by atoms with Crippen LogP contribution in [0.2, 0.25) is 0 Å². The topological polar surface area (TPSA) is 68.7 Å². The molecule has 0 atom stereocenters. The number of aromatic nitrogens is 1. The predicted octanol–water partition coefficient (Wildman–Crippen LogP) is 2.46. The lowest BCUT2D eigenvalue weighted by atomic mass is 10.3. The molecule has 1 aliphatic rings. The lowest BCUT2D eigenvalue weighted by molar-refractivity contribution is -0.139. The molecule has 9 heteroatoms. The third-order valence-electron chi connectivity index (χ3n) is 3.67. The molecule has 0 aliphatic carbocycles. The molecule has 2 heterocycles. The van der Waals surface area contributed by atoms with E-state index >= 15 is 0 Å². The smallest absolute Gasteiger partial charge is 0.396 e. The van der Waals surface area contributed by atoms with Gasteiger partial charge in [0.25, 0.3) is 0 Å². The Hall–Kier alpha value is -2.03. The summed E-state index contributed by atoms with van der Waals surface area (Å²) in [5.41, 5.74) is 0.333. The first-order chi connectivity index (χ1) is 11.4. The van der Waals surface area contributed by atoms with Crippen LogP contribution in [0.5, 0.6) is 0 Å². The summed E-state index contributed by atoms with van der Waals surface area (Å²) in [6, 6.07) is 2.50. The molecule has 1 aromatic rings. The number of rotatable bonds is 6. The van der Waals surface area contributed by atoms with E-state index in [1.54, 1.807) is 12.1 Å². The van der Waals surface area contributed by atoms with Crippen LogP contribution in [-0.4, -0.2) is 60.0 Å². The summed E-state index contributed by atoms with van der Waals surface area (Å²) < 4.78 is 37.7. The van der Waals surface area contributed by atoms with Crippen LogP contribution in [0.3, 0.4) is 0 Å². The Labute approximate surface area is 138 Å². The fourth-order valence-corrected chi connectivity index (χ4v) is 2.53. The molecule has 1 saturated heterocycles. The van der Waals surface area contributed by atoms with Gasteiger partial charge >= 0.3 is 12.2 Å². The first-order valence-electron chi connectivity index (χ1n) is 7.83. The second-order valence-corrected chi connectivity index (χ2v) is 5.64. The molecule has 24 heavy (non-hydrogen) atoms. The van der Waals surface area contributed by atoms with Gasteiger partial charge in [0.2, 0.25) is 0 Å². The number of urea groups is 1. The van der Waals surface area contributed by atoms with Crippen LogP contribution in [0.15, 0.2) is 18.3 Å². The molecule has 1 fully saturated rings. The Morgan fingerprint density at radius 2 is 2.04 bits per heavy atom. The van der Waals surface area contributed by atoms with Crippen molar-refractivity contribution in [3.63, 3.8) is 0 Å². The number of halogens is 3. The summed E-state index contributed by atoms with van der Waals surface area (Å²) in [5, 5.41) is 11.2. The molecular formula is C15H21F3N4O2. The quantitative estimate of drug-likeness (QED) is 0.830. The summed E-state index contributed by atoms with van der Waals surface area (Å²) in [7, 11) is 0. The van der Waals surface area contributed by atoms with E-state index in [9.17, 15) is 18.0 Å². The second-order valence-electron chi connectivity index (χ2n) is 5.64. The third kappa shape index (κ3) is 5.55. The molecule has 1 aromatic heterocycles. The van der Waals surface area contributed by atoms with Crippen LogP contribution in [0.25, 0.3) is 0 Å². The van der Waals surface area contributed by atoms with E-state index in [0.717, 1.165) is 31.7 Å². The number of hydrogen-bond donors (Lipinski definition) is 2. The predicted molar refractivity (Wildman–Crippen MR) is 84.0 cm³/mol. The minimum Gasteiger partial charge on any atom is -0.396 e. The highest BCUT2D eigenvalue weighted by atomic mass is 19.4. The molecule has 0 radical (unpaired) electrons. The Balaban J connectivity index is 1.97. The molecule has 2 N–H and O–H groups in total. The fourth-order valence-electron chi connectivity index (χ4n) is 2.53. The van der Waals surface area contributed by atoms with Gasteiger partial charge in [-0.05, 0) is 31.4 Å². The van der Waals surface area contributed by atoms with E-state index in [-0.39, 0.29) is 19.6 Å². The Kier molecular flexibility index (Phi) is 6.24. The SMILES string of the molecule is O=C(Nc1ccc(N2CCCC2)nc1)N(CCCO)CC(F)(F)F. The summed E-state index contributed by atoms with van der Waals surface area (Å²) in [5.74, 6) is 0.790. The van der Waals surface area contributed by atoms with Gasteiger partial charge in [-0.1, -0.05) is 0 Å². The van der Waals surface area contributed by atoms with E-state index in [1.807, 2.05) is 0 Å². The summed E-state index contributed by atoms with van der Waals surface area (Å²) in [6.07, 6.45) is -0.765. The van der Waals surface area contributed by atoms with Gasteiger partial charge in [0.1, 0.15) is 12.4 Å². The third-order valence-corrected chi connectivity index (χ3v) is 3.67. The lowest BCUT2D eigenvalue weighted by Gasteiger charge is -2.24. The average molecular weight is 346 g/mol. The van der Waals surface area contributed by atoms with Crippen molar-refractivity contribution in [3.8, 4) is 0 Å². The maximum Gasteiger partial charge on any atom is 0.406 e. The minimum absolute atomic E-state index is 0.0790. The second kappa shape index (κ2) is 8.18. The van der Waals surface area contributed by atoms with Crippen molar-refractivity contribution in [3.05, 3.63) is 18.3 Å². The molecule has 1 aliphatic heterocycles. The monoisotopic (exact) mass is 346 g/mol. The van der Waals surface area contributed by atoms with Crippen molar-refractivity contribution in [2.75, 3.05) is 43.0 Å². The average Bonchev–Trinajstić information content (AvgIpc) is 3.05. The number of aliphatic hydroxyl groups excluding tert-OH is 1. The fraction of sp³-hybridized carbons (Fsp3) is 0.600. The zero-order chi connectivity index (χ0) is 17.6. The lowest BCUT2D eigenvalue weighted by Crippen LogP contribution is -2.42. The zero-order valence-electron chi connectivity index (χ0n) is 13.2. The van der Waals surface area contributed by atoms with Crippen molar-refractivity contribution in [1.29, 1.82) is 0 Å². The van der Waals surface area contributed by atoms with Crippen molar-refractivity contribution in [2.24, 2.45) is 0 Å². The summed E-state index contributed by atoms with van der Waals surface area (Å²) in [4.78, 5) is 19.0. The van der Waals surface area contributed by atoms with Gasteiger partial charge in [0.05, 0.1) is 11.9 Å². The first kappa shape index (κ1) is 18.3. The minimum atomic E-state index is -4.50. The van der Waals surface area contributed by atoms with Gasteiger partial charge in [-0.25, -0.2) is 9.78 Å². The number of nitrogens with one attached hydrogen (secondary N) is 1. The molecule has 2 rings (SSSR count). The Morgan fingerprint density at radius 1 is 1.33 bits per heavy atom. The number of amides is 2. The van der Waals surface area contributed by atoms with Gasteiger partial charge in [-0.2, -0.15) is 13.2 Å². The molecule has 0 aromatic carbocycles. The van der Waals surface area contributed by atoms with Gasteiger partial charge in [-0.15, -0.1) is 0 Å². The highest BCUT2D eigenvalue weighted by Crippen LogP contribution is 2.20. The highest BCUT2D eigenvalue weighted by Gasteiger charge is 2.32. The summed E-state index contributed by atoms with van der Waals surface area (Å²) >= 11 is 0. The van der Waals surface area contributed by atoms with Crippen LogP contribution in [0.4, 0.5) is 29.5 Å². The molecule has 6 nitrogen and oxygen atoms in total. The molecule has 0 spiro atoms. The summed E-state index contributed by atoms with van der Waals surface area (Å²) in [6.45, 7) is 0.0332. The van der Waals surface area contributed by atoms with Crippen LogP contribution in [-0.2, 0) is 0 Å². The van der Waals surface area contributed by atoms with Gasteiger partial charge in [-0.3, -0.25) is 0 Å². The number of aliphatic hydroxyl groups is 1. The highest BCUT2D eigenvalue weighted by molar-refractivity contribution is 5.89. The van der Waals surface area contributed by atoms with E-state index in [1.165, 1.54) is 6.20 Å². The number of alkyl halides is 3. The molecule has 0 saturated carbocycles. The standard InChI is InChI=1S/C15H21F3N4O2/c16-15(17,18)11-22(8-3-9-23)14(24)20-12-4-5-13(19-10-12)21-6-1-2-7-21/h4-5,10,23H,1-3,6-9,11H2,(H,20,24). The molecular weight excluding hydrogens is 325 g/mol. The van der Waals surface area contributed by atoms with Crippen molar-refractivity contribution in [1.82, 2.24) is 9.88 Å². The number of carbonyl (C=O) groups is 1. The molecule has 2 amide bonds. The van der Waals surface area contributed by atoms with Crippen LogP contribution in [0, 0.1) is 0 Å². The van der Waals surface area contributed by atoms with E-state index in [4.69, 9.17) is 5.11 Å². The first-order valence-corrected chi connectivity index (χ1v) is 7.83. The normalized spacial score (nSPS) is 14.8. The van der Waals surface area contributed by atoms with Gasteiger partial charge in [0, 0.05) is 26.2 Å². The zero-order valence-corrected chi connectivity index (χ0v) is 13.2. The molecule has 134 valence electrons. The molecule has 0 unspecified atom stereocenters. The van der Waals surface area contributed by atoms with Crippen LogP contribution in [0.1, 0.15) is 19.3 Å². The number of pyridine rings is 1. The van der Waals surface area contributed by atoms with E-state index in [0.29, 0.717) is 10.6 Å². The number of carbonyl (C=O) groups excluding carboxylic acids is 1. The van der Waals surface area contributed by atoms with Crippen molar-refractivity contribution in [2.45, 2.75) is 25.4 Å². The van der Waals surface area contributed by atoms with E-state index in [2.05, 4.69) is 15.2 Å². The largest absolute Gasteiger partial charge is 0.406 e. The van der Waals surface area contributed by atoms with Crippen LogP contribution >= 0.6 is 0 Å². The van der Waals surface area contributed by atoms with Crippen molar-refractivity contribution < 1.29 is 23.1 Å². The number of nitrogens with zero attached hydrogens (tertiary/aromatic N) is 3.